The molecule has 2 nitrogen and oxygen atoms in total. The summed E-state index contributed by atoms with van der Waals surface area (Å²) in [5.74, 6) is 4.83. The monoisotopic (exact) mass is 276 g/mol. The van der Waals surface area contributed by atoms with Crippen molar-refractivity contribution in [1.82, 2.24) is 0 Å². The number of fused-ring (bicyclic) bond motifs is 12. The highest BCUT2D eigenvalue weighted by Crippen LogP contribution is 2.82. The van der Waals surface area contributed by atoms with E-state index in [1.54, 1.807) is 0 Å². The van der Waals surface area contributed by atoms with Crippen LogP contribution in [0.4, 0.5) is 0 Å². The van der Waals surface area contributed by atoms with Crippen molar-refractivity contribution >= 4 is 0 Å². The summed E-state index contributed by atoms with van der Waals surface area (Å²) in [4.78, 5) is 0. The summed E-state index contributed by atoms with van der Waals surface area (Å²) >= 11 is 0. The van der Waals surface area contributed by atoms with Crippen molar-refractivity contribution in [2.75, 3.05) is 13.2 Å². The van der Waals surface area contributed by atoms with Crippen LogP contribution >= 0.6 is 0 Å². The van der Waals surface area contributed by atoms with Crippen LogP contribution in [0.1, 0.15) is 51.4 Å². The number of hydrogen-bond donors (Lipinski definition) is 2. The molecule has 8 atom stereocenters. The first-order chi connectivity index (χ1) is 9.78. The molecule has 0 aromatic rings. The molecule has 2 N–H and O–H groups in total. The zero-order chi connectivity index (χ0) is 13.5. The van der Waals surface area contributed by atoms with Gasteiger partial charge in [0.25, 0.3) is 0 Å². The fraction of sp³-hybridized carbons (Fsp3) is 1.00. The minimum absolute atomic E-state index is 0.0992. The number of aliphatic hydroxyl groups excluding tert-OH is 2. The molecule has 4 bridgehead atoms. The van der Waals surface area contributed by atoms with Gasteiger partial charge in [-0.05, 0) is 74.0 Å². The zero-order valence-electron chi connectivity index (χ0n) is 12.4. The zero-order valence-corrected chi connectivity index (χ0v) is 12.4. The van der Waals surface area contributed by atoms with Gasteiger partial charge in [-0.3, -0.25) is 0 Å². The first-order valence-electron chi connectivity index (χ1n) is 9.00. The van der Waals surface area contributed by atoms with Gasteiger partial charge in [-0.2, -0.15) is 0 Å². The average Bonchev–Trinajstić information content (AvgIpc) is 3.22. The van der Waals surface area contributed by atoms with E-state index in [2.05, 4.69) is 0 Å². The molecule has 5 saturated carbocycles. The van der Waals surface area contributed by atoms with E-state index in [1.165, 1.54) is 51.4 Å². The predicted octanol–water partition coefficient (Wildman–Crippen LogP) is 2.83. The molecule has 0 aromatic heterocycles. The summed E-state index contributed by atoms with van der Waals surface area (Å²) < 4.78 is 0. The Morgan fingerprint density at radius 1 is 0.900 bits per heavy atom. The maximum Gasteiger partial charge on any atom is 0.0499 e. The van der Waals surface area contributed by atoms with Crippen LogP contribution in [0.5, 0.6) is 0 Å². The van der Waals surface area contributed by atoms with Gasteiger partial charge in [0.1, 0.15) is 0 Å². The molecule has 5 fully saturated rings. The van der Waals surface area contributed by atoms with Crippen LogP contribution in [0, 0.1) is 46.3 Å². The standard InChI is InChI=1S/C18H28O2/c19-9-17-8-14(13-3-1-2-4-15(13)17)16-11-5-6-12(7-11)18(16,17)10-20/h11-16,19-20H,1-10H2. The van der Waals surface area contributed by atoms with Crippen molar-refractivity contribution in [2.45, 2.75) is 51.4 Å². The van der Waals surface area contributed by atoms with Crippen LogP contribution in [0.25, 0.3) is 0 Å². The normalized spacial score (nSPS) is 62.7. The maximum absolute atomic E-state index is 10.4. The largest absolute Gasteiger partial charge is 0.396 e. The summed E-state index contributed by atoms with van der Waals surface area (Å²) in [5, 5.41) is 20.9. The highest BCUT2D eigenvalue weighted by molar-refractivity contribution is 5.26. The minimum atomic E-state index is 0.0992. The molecule has 5 aliphatic rings. The molecule has 0 amide bonds. The van der Waals surface area contributed by atoms with Gasteiger partial charge in [-0.1, -0.05) is 12.8 Å². The SMILES string of the molecule is OCC12CC(C3CCCCC31)C1C3CCC(C3)C12CO. The molecule has 2 heteroatoms. The van der Waals surface area contributed by atoms with E-state index in [-0.39, 0.29) is 10.8 Å². The highest BCUT2D eigenvalue weighted by Gasteiger charge is 2.79. The second-order valence-corrected chi connectivity index (χ2v) is 8.73. The number of rotatable bonds is 2. The molecule has 8 unspecified atom stereocenters. The first kappa shape index (κ1) is 12.5. The van der Waals surface area contributed by atoms with Crippen LogP contribution in [-0.4, -0.2) is 23.4 Å². The van der Waals surface area contributed by atoms with Gasteiger partial charge in [-0.15, -0.1) is 0 Å². The van der Waals surface area contributed by atoms with E-state index < -0.39 is 0 Å². The minimum Gasteiger partial charge on any atom is -0.396 e. The van der Waals surface area contributed by atoms with Gasteiger partial charge >= 0.3 is 0 Å². The van der Waals surface area contributed by atoms with Gasteiger partial charge in [-0.25, -0.2) is 0 Å². The molecule has 112 valence electrons. The van der Waals surface area contributed by atoms with Gasteiger partial charge in [0.2, 0.25) is 0 Å². The predicted molar refractivity (Wildman–Crippen MR) is 76.9 cm³/mol. The average molecular weight is 276 g/mol. The summed E-state index contributed by atoms with van der Waals surface area (Å²) in [7, 11) is 0. The molecule has 20 heavy (non-hydrogen) atoms. The smallest absolute Gasteiger partial charge is 0.0499 e. The maximum atomic E-state index is 10.4. The molecule has 5 aliphatic carbocycles. The quantitative estimate of drug-likeness (QED) is 0.761. The molecule has 0 heterocycles. The van der Waals surface area contributed by atoms with Crippen molar-refractivity contribution in [3.05, 3.63) is 0 Å². The summed E-state index contributed by atoms with van der Waals surface area (Å²) in [6.07, 6.45) is 10.8. The molecule has 0 aliphatic heterocycles. The summed E-state index contributed by atoms with van der Waals surface area (Å²) in [6.45, 7) is 0.712. The van der Waals surface area contributed by atoms with Crippen LogP contribution in [0.3, 0.4) is 0 Å². The lowest BCUT2D eigenvalue weighted by Crippen LogP contribution is -2.58. The van der Waals surface area contributed by atoms with Gasteiger partial charge in [0.05, 0.1) is 0 Å². The van der Waals surface area contributed by atoms with E-state index >= 15 is 0 Å². The molecule has 5 rings (SSSR count). The Kier molecular flexibility index (Phi) is 2.38. The van der Waals surface area contributed by atoms with Crippen LogP contribution < -0.4 is 0 Å². The van der Waals surface area contributed by atoms with E-state index in [1.807, 2.05) is 0 Å². The Hall–Kier alpha value is -0.0800. The van der Waals surface area contributed by atoms with Crippen LogP contribution in [-0.2, 0) is 0 Å². The number of aliphatic hydroxyl groups is 2. The summed E-state index contributed by atoms with van der Waals surface area (Å²) in [6, 6.07) is 0. The van der Waals surface area contributed by atoms with Crippen molar-refractivity contribution in [3.63, 3.8) is 0 Å². The second kappa shape index (κ2) is 3.81. The fourth-order valence-electron chi connectivity index (χ4n) is 8.70. The van der Waals surface area contributed by atoms with E-state index in [9.17, 15) is 10.2 Å². The lowest BCUT2D eigenvalue weighted by Gasteiger charge is -2.58. The van der Waals surface area contributed by atoms with Crippen LogP contribution in [0.15, 0.2) is 0 Å². The molecular weight excluding hydrogens is 248 g/mol. The topological polar surface area (TPSA) is 40.5 Å². The van der Waals surface area contributed by atoms with Crippen molar-refractivity contribution in [2.24, 2.45) is 46.3 Å². The second-order valence-electron chi connectivity index (χ2n) is 8.73. The van der Waals surface area contributed by atoms with Crippen molar-refractivity contribution in [1.29, 1.82) is 0 Å². The lowest BCUT2D eigenvalue weighted by atomic mass is 9.46. The van der Waals surface area contributed by atoms with Gasteiger partial charge in [0.15, 0.2) is 0 Å². The Morgan fingerprint density at radius 2 is 1.75 bits per heavy atom. The first-order valence-corrected chi connectivity index (χ1v) is 9.00. The third-order valence-corrected chi connectivity index (χ3v) is 8.92. The summed E-state index contributed by atoms with van der Waals surface area (Å²) in [5.41, 5.74) is 0.218. The Bertz CT molecular complexity index is 435. The van der Waals surface area contributed by atoms with E-state index in [0.717, 1.165) is 35.5 Å². The Labute approximate surface area is 122 Å². The molecule has 0 spiro atoms. The highest BCUT2D eigenvalue weighted by atomic mass is 16.3. The molecule has 0 saturated heterocycles. The Balaban J connectivity index is 1.67. The molecular formula is C18H28O2. The van der Waals surface area contributed by atoms with Crippen LogP contribution in [0.2, 0.25) is 0 Å². The number of hydrogen-bond acceptors (Lipinski definition) is 2. The third-order valence-electron chi connectivity index (χ3n) is 8.92. The van der Waals surface area contributed by atoms with Gasteiger partial charge < -0.3 is 10.2 Å². The van der Waals surface area contributed by atoms with E-state index in [4.69, 9.17) is 0 Å². The van der Waals surface area contributed by atoms with Gasteiger partial charge in [0, 0.05) is 24.0 Å². The Morgan fingerprint density at radius 3 is 2.55 bits per heavy atom. The molecule has 0 aromatic carbocycles. The third kappa shape index (κ3) is 1.05. The molecule has 0 radical (unpaired) electrons. The fourth-order valence-corrected chi connectivity index (χ4v) is 8.70. The lowest BCUT2D eigenvalue weighted by molar-refractivity contribution is -0.157. The van der Waals surface area contributed by atoms with Crippen molar-refractivity contribution < 1.29 is 10.2 Å². The van der Waals surface area contributed by atoms with Crippen molar-refractivity contribution in [3.8, 4) is 0 Å². The van der Waals surface area contributed by atoms with E-state index in [0.29, 0.717) is 13.2 Å².